The van der Waals surface area contributed by atoms with E-state index < -0.39 is 18.7 Å². The summed E-state index contributed by atoms with van der Waals surface area (Å²) in [5, 5.41) is 34.8. The molecule has 0 saturated carbocycles. The number of hydrogen-bond donors (Lipinski definition) is 4. The molecule has 0 aliphatic carbocycles. The summed E-state index contributed by atoms with van der Waals surface area (Å²) in [6.07, 6.45) is -1.06. The van der Waals surface area contributed by atoms with Gasteiger partial charge in [-0.05, 0) is 12.1 Å². The lowest BCUT2D eigenvalue weighted by molar-refractivity contribution is 0.0690. The first-order valence-corrected chi connectivity index (χ1v) is 5.84. The second-order valence-electron chi connectivity index (χ2n) is 4.24. The van der Waals surface area contributed by atoms with Gasteiger partial charge in [0.15, 0.2) is 5.69 Å². The number of nitrogen functional groups attached to an aromatic ring is 1. The molecular weight excluding hydrogens is 264 g/mol. The summed E-state index contributed by atoms with van der Waals surface area (Å²) in [6, 6.07) is 6.60. The Labute approximate surface area is 114 Å². The van der Waals surface area contributed by atoms with Crippen molar-refractivity contribution in [2.24, 2.45) is 0 Å². The van der Waals surface area contributed by atoms with Crippen molar-refractivity contribution in [3.63, 3.8) is 0 Å². The monoisotopic (exact) mass is 278 g/mol. The van der Waals surface area contributed by atoms with Crippen molar-refractivity contribution in [3.8, 4) is 11.3 Å². The fraction of sp³-hybridized carbons (Fsp3) is 0.250. The number of aliphatic hydroxyl groups is 2. The molecule has 0 spiro atoms. The van der Waals surface area contributed by atoms with Crippen LogP contribution in [0.1, 0.15) is 10.5 Å². The highest BCUT2D eigenvalue weighted by atomic mass is 16.4. The predicted octanol–water partition coefficient (Wildman–Crippen LogP) is -0.421. The van der Waals surface area contributed by atoms with Gasteiger partial charge >= 0.3 is 5.97 Å². The van der Waals surface area contributed by atoms with E-state index in [2.05, 4.69) is 10.3 Å². The van der Waals surface area contributed by atoms with Gasteiger partial charge in [0.2, 0.25) is 0 Å². The molecule has 1 aromatic carbocycles. The Morgan fingerprint density at radius 3 is 2.80 bits per heavy atom. The largest absolute Gasteiger partial charge is 0.476 e. The first-order valence-electron chi connectivity index (χ1n) is 5.84. The number of nitrogens with two attached hydrogens (primary N) is 1. The number of benzene rings is 1. The number of carboxylic acid groups (broad SMARTS) is 1. The Morgan fingerprint density at radius 1 is 1.45 bits per heavy atom. The molecule has 8 nitrogen and oxygen atoms in total. The lowest BCUT2D eigenvalue weighted by Gasteiger charge is -2.10. The number of nitrogens with zero attached hydrogens (tertiary/aromatic N) is 3. The summed E-state index contributed by atoms with van der Waals surface area (Å²) in [6.45, 7) is -0.528. The summed E-state index contributed by atoms with van der Waals surface area (Å²) >= 11 is 0. The maximum absolute atomic E-state index is 11.2. The number of aromatic carboxylic acids is 1. The van der Waals surface area contributed by atoms with Gasteiger partial charge in [-0.25, -0.2) is 9.48 Å². The smallest absolute Gasteiger partial charge is 0.358 e. The Hall–Kier alpha value is -2.45. The standard InChI is InChI=1S/C12H14N4O4/c13-8-3-1-2-7(4-8)11-10(12(19)20)14-15-16(11)5-9(18)6-17/h1-4,9,17-18H,5-6,13H2,(H,19,20). The molecule has 0 bridgehead atoms. The molecule has 0 aliphatic heterocycles. The molecule has 106 valence electrons. The highest BCUT2D eigenvalue weighted by Crippen LogP contribution is 2.24. The fourth-order valence-corrected chi connectivity index (χ4v) is 1.81. The van der Waals surface area contributed by atoms with Gasteiger partial charge in [-0.2, -0.15) is 0 Å². The summed E-state index contributed by atoms with van der Waals surface area (Å²) in [5.74, 6) is -1.23. The van der Waals surface area contributed by atoms with Gasteiger partial charge in [-0.15, -0.1) is 5.10 Å². The molecule has 2 rings (SSSR count). The summed E-state index contributed by atoms with van der Waals surface area (Å²) in [4.78, 5) is 11.2. The van der Waals surface area contributed by atoms with Crippen molar-refractivity contribution in [3.05, 3.63) is 30.0 Å². The van der Waals surface area contributed by atoms with Gasteiger partial charge in [0.05, 0.1) is 19.3 Å². The zero-order valence-corrected chi connectivity index (χ0v) is 10.5. The number of carbonyl (C=O) groups is 1. The van der Waals surface area contributed by atoms with Crippen LogP contribution >= 0.6 is 0 Å². The lowest BCUT2D eigenvalue weighted by atomic mass is 10.1. The topological polar surface area (TPSA) is 134 Å². The third-order valence-electron chi connectivity index (χ3n) is 2.69. The van der Waals surface area contributed by atoms with Crippen LogP contribution in [0.4, 0.5) is 5.69 Å². The molecule has 1 aromatic heterocycles. The molecule has 5 N–H and O–H groups in total. The Bertz CT molecular complexity index is 626. The van der Waals surface area contributed by atoms with E-state index in [1.807, 2.05) is 0 Å². The average Bonchev–Trinajstić information content (AvgIpc) is 2.82. The molecule has 1 unspecified atom stereocenters. The van der Waals surface area contributed by atoms with Crippen molar-refractivity contribution in [2.75, 3.05) is 12.3 Å². The third-order valence-corrected chi connectivity index (χ3v) is 2.69. The van der Waals surface area contributed by atoms with E-state index in [-0.39, 0.29) is 17.9 Å². The van der Waals surface area contributed by atoms with Crippen LogP contribution in [-0.2, 0) is 6.54 Å². The minimum absolute atomic E-state index is 0.0685. The quantitative estimate of drug-likeness (QED) is 0.545. The van der Waals surface area contributed by atoms with Crippen molar-refractivity contribution in [2.45, 2.75) is 12.6 Å². The zero-order valence-electron chi connectivity index (χ0n) is 10.5. The van der Waals surface area contributed by atoms with Gasteiger partial charge in [0, 0.05) is 11.3 Å². The predicted molar refractivity (Wildman–Crippen MR) is 69.9 cm³/mol. The minimum atomic E-state index is -1.23. The van der Waals surface area contributed by atoms with Gasteiger partial charge in [0.1, 0.15) is 5.69 Å². The summed E-state index contributed by atoms with van der Waals surface area (Å²) in [5.41, 5.74) is 6.67. The Kier molecular flexibility index (Phi) is 3.97. The number of anilines is 1. The molecule has 20 heavy (non-hydrogen) atoms. The molecule has 0 fully saturated rings. The van der Waals surface area contributed by atoms with E-state index in [4.69, 9.17) is 15.9 Å². The van der Waals surface area contributed by atoms with Crippen molar-refractivity contribution in [1.29, 1.82) is 0 Å². The zero-order chi connectivity index (χ0) is 14.7. The van der Waals surface area contributed by atoms with E-state index in [0.717, 1.165) is 0 Å². The average molecular weight is 278 g/mol. The molecule has 1 atom stereocenters. The number of aromatic nitrogens is 3. The highest BCUT2D eigenvalue weighted by Gasteiger charge is 2.21. The Morgan fingerprint density at radius 2 is 2.20 bits per heavy atom. The second-order valence-corrected chi connectivity index (χ2v) is 4.24. The van der Waals surface area contributed by atoms with E-state index in [1.54, 1.807) is 24.3 Å². The van der Waals surface area contributed by atoms with Crippen molar-refractivity contribution in [1.82, 2.24) is 15.0 Å². The second kappa shape index (κ2) is 5.68. The first kappa shape index (κ1) is 14.0. The van der Waals surface area contributed by atoms with Crippen LogP contribution in [-0.4, -0.2) is 49.0 Å². The van der Waals surface area contributed by atoms with Crippen molar-refractivity contribution >= 4 is 11.7 Å². The maximum atomic E-state index is 11.2. The van der Waals surface area contributed by atoms with Crippen LogP contribution in [0.3, 0.4) is 0 Å². The lowest BCUT2D eigenvalue weighted by Crippen LogP contribution is -2.21. The van der Waals surface area contributed by atoms with Crippen LogP contribution in [0.15, 0.2) is 24.3 Å². The summed E-state index contributed by atoms with van der Waals surface area (Å²) < 4.78 is 1.24. The van der Waals surface area contributed by atoms with E-state index in [9.17, 15) is 9.90 Å². The maximum Gasteiger partial charge on any atom is 0.358 e. The molecule has 0 aliphatic rings. The van der Waals surface area contributed by atoms with E-state index in [1.165, 1.54) is 4.68 Å². The molecule has 1 heterocycles. The van der Waals surface area contributed by atoms with Gasteiger partial charge in [-0.1, -0.05) is 17.3 Å². The number of hydrogen-bond acceptors (Lipinski definition) is 6. The third kappa shape index (κ3) is 2.76. The number of rotatable bonds is 5. The molecule has 8 heteroatoms. The number of aliphatic hydroxyl groups excluding tert-OH is 2. The summed E-state index contributed by atoms with van der Waals surface area (Å²) in [7, 11) is 0. The fourth-order valence-electron chi connectivity index (χ4n) is 1.81. The van der Waals surface area contributed by atoms with E-state index in [0.29, 0.717) is 11.3 Å². The van der Waals surface area contributed by atoms with Crippen LogP contribution in [0.25, 0.3) is 11.3 Å². The van der Waals surface area contributed by atoms with Gasteiger partial charge in [-0.3, -0.25) is 0 Å². The highest BCUT2D eigenvalue weighted by molar-refractivity contribution is 5.92. The van der Waals surface area contributed by atoms with Crippen LogP contribution in [0, 0.1) is 0 Å². The van der Waals surface area contributed by atoms with E-state index >= 15 is 0 Å². The van der Waals surface area contributed by atoms with Gasteiger partial charge < -0.3 is 21.1 Å². The molecule has 0 radical (unpaired) electrons. The molecule has 0 saturated heterocycles. The normalized spacial score (nSPS) is 12.3. The number of carboxylic acids is 1. The van der Waals surface area contributed by atoms with Crippen LogP contribution in [0.2, 0.25) is 0 Å². The van der Waals surface area contributed by atoms with Crippen molar-refractivity contribution < 1.29 is 20.1 Å². The minimum Gasteiger partial charge on any atom is -0.476 e. The molecule has 0 amide bonds. The van der Waals surface area contributed by atoms with Crippen LogP contribution < -0.4 is 5.73 Å². The molecule has 2 aromatic rings. The SMILES string of the molecule is Nc1cccc(-c2c(C(=O)O)nnn2CC(O)CO)c1. The molecular formula is C12H14N4O4. The Balaban J connectivity index is 2.52. The first-order chi connectivity index (χ1) is 9.52. The van der Waals surface area contributed by atoms with Crippen LogP contribution in [0.5, 0.6) is 0 Å². The van der Waals surface area contributed by atoms with Gasteiger partial charge in [0.25, 0.3) is 0 Å².